The molecule has 0 unspecified atom stereocenters. The van der Waals surface area contributed by atoms with E-state index in [4.69, 9.17) is 4.42 Å². The Labute approximate surface area is 129 Å². The summed E-state index contributed by atoms with van der Waals surface area (Å²) in [4.78, 5) is 18.0. The molecule has 0 aliphatic carbocycles. The summed E-state index contributed by atoms with van der Waals surface area (Å²) in [5.41, 5.74) is 2.08. The number of aliphatic hydroxyl groups excluding tert-OH is 1. The summed E-state index contributed by atoms with van der Waals surface area (Å²) in [6.07, 6.45) is 1.33. The number of aromatic nitrogens is 1. The highest BCUT2D eigenvalue weighted by Crippen LogP contribution is 2.21. The van der Waals surface area contributed by atoms with E-state index >= 15 is 0 Å². The highest BCUT2D eigenvalue weighted by Gasteiger charge is 2.27. The normalized spacial score (nSPS) is 15.5. The van der Waals surface area contributed by atoms with Crippen molar-refractivity contribution in [3.63, 3.8) is 0 Å². The van der Waals surface area contributed by atoms with Crippen LogP contribution in [-0.2, 0) is 30.6 Å². The molecule has 5 nitrogen and oxygen atoms in total. The monoisotopic (exact) mass is 300 g/mol. The lowest BCUT2D eigenvalue weighted by Gasteiger charge is -2.26. The molecule has 0 radical (unpaired) electrons. The van der Waals surface area contributed by atoms with Crippen LogP contribution in [0.2, 0.25) is 0 Å². The number of amides is 1. The van der Waals surface area contributed by atoms with E-state index in [1.165, 1.54) is 12.5 Å². The maximum atomic E-state index is 11.8. The fourth-order valence-electron chi connectivity index (χ4n) is 2.71. The molecule has 0 saturated heterocycles. The van der Waals surface area contributed by atoms with Crippen LogP contribution in [0.5, 0.6) is 0 Å². The first kappa shape index (κ1) is 14.8. The fraction of sp³-hybridized carbons (Fsp3) is 0.412. The van der Waals surface area contributed by atoms with Crippen LogP contribution in [0.15, 0.2) is 34.7 Å². The van der Waals surface area contributed by atoms with Crippen molar-refractivity contribution in [2.75, 3.05) is 6.54 Å². The van der Waals surface area contributed by atoms with E-state index in [9.17, 15) is 9.90 Å². The molecule has 1 N–H and O–H groups in total. The quantitative estimate of drug-likeness (QED) is 0.933. The van der Waals surface area contributed by atoms with E-state index in [1.807, 2.05) is 18.2 Å². The second-order valence-corrected chi connectivity index (χ2v) is 5.65. The number of aliphatic hydroxyl groups is 1. The van der Waals surface area contributed by atoms with Gasteiger partial charge in [0.15, 0.2) is 5.89 Å². The fourth-order valence-corrected chi connectivity index (χ4v) is 2.71. The number of carbonyl (C=O) groups is 1. The van der Waals surface area contributed by atoms with Gasteiger partial charge in [0.1, 0.15) is 17.6 Å². The van der Waals surface area contributed by atoms with Crippen molar-refractivity contribution in [2.45, 2.75) is 38.8 Å². The van der Waals surface area contributed by atoms with Gasteiger partial charge in [0, 0.05) is 19.4 Å². The van der Waals surface area contributed by atoms with Crippen LogP contribution < -0.4 is 0 Å². The van der Waals surface area contributed by atoms with Crippen LogP contribution in [0, 0.1) is 0 Å². The molecule has 5 heteroatoms. The zero-order valence-electron chi connectivity index (χ0n) is 12.7. The molecule has 1 aromatic heterocycles. The minimum Gasteiger partial charge on any atom is -0.445 e. The van der Waals surface area contributed by atoms with Gasteiger partial charge < -0.3 is 14.4 Å². The Morgan fingerprint density at radius 1 is 1.36 bits per heavy atom. The third-order valence-corrected chi connectivity index (χ3v) is 3.91. The Kier molecular flexibility index (Phi) is 4.24. The number of nitrogens with zero attached hydrogens (tertiary/aromatic N) is 2. The van der Waals surface area contributed by atoms with Gasteiger partial charge in [-0.1, -0.05) is 30.3 Å². The molecule has 0 fully saturated rings. The molecule has 2 aromatic rings. The van der Waals surface area contributed by atoms with Gasteiger partial charge in [0.2, 0.25) is 0 Å². The number of rotatable bonds is 4. The van der Waals surface area contributed by atoms with Gasteiger partial charge in [-0.05, 0) is 18.9 Å². The van der Waals surface area contributed by atoms with Crippen molar-refractivity contribution in [1.82, 2.24) is 9.88 Å². The molecule has 0 bridgehead atoms. The summed E-state index contributed by atoms with van der Waals surface area (Å²) >= 11 is 0. The molecule has 1 aromatic carbocycles. The smallest absolute Gasteiger partial charge is 0.251 e. The molecule has 0 spiro atoms. The van der Waals surface area contributed by atoms with E-state index in [-0.39, 0.29) is 5.91 Å². The van der Waals surface area contributed by atoms with Crippen LogP contribution in [0.4, 0.5) is 0 Å². The summed E-state index contributed by atoms with van der Waals surface area (Å²) in [6.45, 7) is 2.49. The molecule has 2 heterocycles. The Bertz CT molecular complexity index is 649. The maximum Gasteiger partial charge on any atom is 0.251 e. The summed E-state index contributed by atoms with van der Waals surface area (Å²) in [5.74, 6) is 1.34. The lowest BCUT2D eigenvalue weighted by atomic mass is 10.1. The second-order valence-electron chi connectivity index (χ2n) is 5.65. The first-order chi connectivity index (χ1) is 10.6. The topological polar surface area (TPSA) is 66.6 Å². The minimum atomic E-state index is -0.967. The van der Waals surface area contributed by atoms with Crippen molar-refractivity contribution >= 4 is 5.91 Å². The van der Waals surface area contributed by atoms with Gasteiger partial charge in [0.25, 0.3) is 5.91 Å². The van der Waals surface area contributed by atoms with E-state index in [1.54, 1.807) is 4.90 Å². The summed E-state index contributed by atoms with van der Waals surface area (Å²) in [5, 5.41) is 9.40. The lowest BCUT2D eigenvalue weighted by Crippen LogP contribution is -2.40. The van der Waals surface area contributed by atoms with Gasteiger partial charge in [-0.25, -0.2) is 4.98 Å². The van der Waals surface area contributed by atoms with Crippen molar-refractivity contribution in [3.05, 3.63) is 53.2 Å². The van der Waals surface area contributed by atoms with Crippen LogP contribution in [0.25, 0.3) is 0 Å². The van der Waals surface area contributed by atoms with Crippen molar-refractivity contribution in [1.29, 1.82) is 0 Å². The van der Waals surface area contributed by atoms with Crippen LogP contribution in [0.3, 0.4) is 0 Å². The molecule has 3 rings (SSSR count). The molecule has 1 aliphatic heterocycles. The molecule has 1 atom stereocenters. The molecule has 1 amide bonds. The summed E-state index contributed by atoms with van der Waals surface area (Å²) in [7, 11) is 0. The standard InChI is InChI=1S/C17H20N2O3/c1-12(20)17(21)19-10-9-15-14(11-19)18-16(22-15)8-7-13-5-3-2-4-6-13/h2-6,12,20H,7-11H2,1H3/t12-/m0/s1. The largest absolute Gasteiger partial charge is 0.445 e. The first-order valence-corrected chi connectivity index (χ1v) is 7.61. The Balaban J connectivity index is 1.65. The van der Waals surface area contributed by atoms with Crippen LogP contribution >= 0.6 is 0 Å². The number of aryl methyl sites for hydroxylation is 2. The van der Waals surface area contributed by atoms with Crippen LogP contribution in [-0.4, -0.2) is 33.5 Å². The average Bonchev–Trinajstić information content (AvgIpc) is 2.95. The van der Waals surface area contributed by atoms with E-state index in [0.29, 0.717) is 19.5 Å². The molecular formula is C17H20N2O3. The maximum absolute atomic E-state index is 11.8. The SMILES string of the molecule is C[C@H](O)C(=O)N1CCc2oc(CCc3ccccc3)nc2C1. The number of hydrogen-bond acceptors (Lipinski definition) is 4. The van der Waals surface area contributed by atoms with E-state index in [0.717, 1.165) is 30.2 Å². The third-order valence-electron chi connectivity index (χ3n) is 3.91. The number of fused-ring (bicyclic) bond motifs is 1. The minimum absolute atomic E-state index is 0.250. The van der Waals surface area contributed by atoms with Gasteiger partial charge in [-0.2, -0.15) is 0 Å². The third kappa shape index (κ3) is 3.20. The first-order valence-electron chi connectivity index (χ1n) is 7.61. The lowest BCUT2D eigenvalue weighted by molar-refractivity contribution is -0.140. The Morgan fingerprint density at radius 2 is 2.14 bits per heavy atom. The zero-order valence-corrected chi connectivity index (χ0v) is 12.7. The number of benzene rings is 1. The Hall–Kier alpha value is -2.14. The molecular weight excluding hydrogens is 280 g/mol. The molecule has 0 saturated carbocycles. The van der Waals surface area contributed by atoms with Crippen molar-refractivity contribution in [2.24, 2.45) is 0 Å². The van der Waals surface area contributed by atoms with E-state index < -0.39 is 6.10 Å². The van der Waals surface area contributed by atoms with Gasteiger partial charge in [-0.15, -0.1) is 0 Å². The molecule has 1 aliphatic rings. The van der Waals surface area contributed by atoms with Gasteiger partial charge in [-0.3, -0.25) is 4.79 Å². The van der Waals surface area contributed by atoms with Gasteiger partial charge >= 0.3 is 0 Å². The average molecular weight is 300 g/mol. The zero-order chi connectivity index (χ0) is 15.5. The number of oxazole rings is 1. The predicted octanol–water partition coefficient (Wildman–Crippen LogP) is 1.73. The van der Waals surface area contributed by atoms with Crippen molar-refractivity contribution < 1.29 is 14.3 Å². The highest BCUT2D eigenvalue weighted by molar-refractivity contribution is 5.80. The Morgan fingerprint density at radius 3 is 2.86 bits per heavy atom. The van der Waals surface area contributed by atoms with E-state index in [2.05, 4.69) is 17.1 Å². The number of carbonyl (C=O) groups excluding carboxylic acids is 1. The number of hydrogen-bond donors (Lipinski definition) is 1. The second kappa shape index (κ2) is 6.32. The summed E-state index contributed by atoms with van der Waals surface area (Å²) in [6, 6.07) is 10.2. The van der Waals surface area contributed by atoms with Gasteiger partial charge in [0.05, 0.1) is 6.54 Å². The van der Waals surface area contributed by atoms with Crippen LogP contribution in [0.1, 0.15) is 29.8 Å². The molecule has 22 heavy (non-hydrogen) atoms. The summed E-state index contributed by atoms with van der Waals surface area (Å²) < 4.78 is 5.80. The molecule has 116 valence electrons. The predicted molar refractivity (Wildman–Crippen MR) is 81.2 cm³/mol. The highest BCUT2D eigenvalue weighted by atomic mass is 16.4. The van der Waals surface area contributed by atoms with Crippen molar-refractivity contribution in [3.8, 4) is 0 Å².